The molecular weight excluding hydrogens is 282 g/mol. The van der Waals surface area contributed by atoms with Gasteiger partial charge in [-0.1, -0.05) is 24.3 Å². The van der Waals surface area contributed by atoms with Gasteiger partial charge in [0.1, 0.15) is 5.58 Å². The lowest BCUT2D eigenvalue weighted by Gasteiger charge is -1.93. The zero-order chi connectivity index (χ0) is 15.5. The molecule has 3 aromatic rings. The molecule has 2 aromatic carbocycles. The van der Waals surface area contributed by atoms with Crippen molar-refractivity contribution in [3.63, 3.8) is 0 Å². The van der Waals surface area contributed by atoms with Gasteiger partial charge in [0, 0.05) is 17.5 Å². The third-order valence-corrected chi connectivity index (χ3v) is 3.20. The van der Waals surface area contributed by atoms with E-state index >= 15 is 0 Å². The molecule has 0 radical (unpaired) electrons. The summed E-state index contributed by atoms with van der Waals surface area (Å²) in [6, 6.07) is 15.0. The van der Waals surface area contributed by atoms with Crippen molar-refractivity contribution in [2.45, 2.75) is 0 Å². The molecule has 3 rings (SSSR count). The largest absolute Gasteiger partial charge is 0.453 e. The predicted octanol–water partition coefficient (Wildman–Crippen LogP) is 4.24. The Kier molecular flexibility index (Phi) is 3.53. The molecule has 0 spiro atoms. The number of rotatable bonds is 4. The van der Waals surface area contributed by atoms with Crippen LogP contribution in [0.25, 0.3) is 17.0 Å². The molecule has 0 bridgehead atoms. The number of para-hydroxylation sites is 1. The summed E-state index contributed by atoms with van der Waals surface area (Å²) in [5, 5.41) is 11.4. The summed E-state index contributed by atoms with van der Waals surface area (Å²) in [7, 11) is 0. The molecule has 0 N–H and O–H groups in total. The normalized spacial score (nSPS) is 11.1. The number of allylic oxidation sites excluding steroid dienone is 1. The van der Waals surface area contributed by atoms with Crippen LogP contribution >= 0.6 is 0 Å². The number of ketones is 1. The highest BCUT2D eigenvalue weighted by atomic mass is 16.6. The quantitative estimate of drug-likeness (QED) is 0.312. The van der Waals surface area contributed by atoms with Gasteiger partial charge in [0.05, 0.1) is 4.92 Å². The van der Waals surface area contributed by atoms with Crippen molar-refractivity contribution in [1.82, 2.24) is 0 Å². The Balaban J connectivity index is 1.79. The number of furan rings is 1. The van der Waals surface area contributed by atoms with Crippen molar-refractivity contribution in [3.05, 3.63) is 82.1 Å². The molecule has 5 heteroatoms. The molecule has 0 fully saturated rings. The summed E-state index contributed by atoms with van der Waals surface area (Å²) in [5.41, 5.74) is 1.38. The average molecular weight is 293 g/mol. The van der Waals surface area contributed by atoms with E-state index in [2.05, 4.69) is 0 Å². The van der Waals surface area contributed by atoms with Crippen LogP contribution in [0.5, 0.6) is 0 Å². The maximum absolute atomic E-state index is 12.1. The number of nitro benzene ring substituents is 1. The van der Waals surface area contributed by atoms with E-state index in [1.165, 1.54) is 18.2 Å². The Hall–Kier alpha value is -3.21. The zero-order valence-electron chi connectivity index (χ0n) is 11.4. The Labute approximate surface area is 125 Å². The average Bonchev–Trinajstić information content (AvgIpc) is 2.97. The Morgan fingerprint density at radius 3 is 2.50 bits per heavy atom. The molecule has 1 heterocycles. The monoisotopic (exact) mass is 293 g/mol. The van der Waals surface area contributed by atoms with E-state index < -0.39 is 4.92 Å². The summed E-state index contributed by atoms with van der Waals surface area (Å²) < 4.78 is 5.48. The maximum Gasteiger partial charge on any atom is 0.269 e. The standard InChI is InChI=1S/C17H11NO4/c19-15(17-11-13-3-1-2-4-16(13)22-17)10-7-12-5-8-14(9-6-12)18(20)21/h1-11H/b10-7+. The third kappa shape index (κ3) is 2.78. The van der Waals surface area contributed by atoms with Crippen molar-refractivity contribution in [2.24, 2.45) is 0 Å². The van der Waals surface area contributed by atoms with Gasteiger partial charge in [0.2, 0.25) is 5.78 Å². The molecule has 0 unspecified atom stereocenters. The fraction of sp³-hybridized carbons (Fsp3) is 0. The van der Waals surface area contributed by atoms with Gasteiger partial charge in [-0.25, -0.2) is 0 Å². The van der Waals surface area contributed by atoms with E-state index in [1.807, 2.05) is 18.2 Å². The number of carbonyl (C=O) groups excluding carboxylic acids is 1. The van der Waals surface area contributed by atoms with Gasteiger partial charge < -0.3 is 4.42 Å². The second-order valence-corrected chi connectivity index (χ2v) is 4.69. The lowest BCUT2D eigenvalue weighted by molar-refractivity contribution is -0.384. The fourth-order valence-electron chi connectivity index (χ4n) is 2.06. The molecule has 0 saturated heterocycles. The summed E-state index contributed by atoms with van der Waals surface area (Å²) in [5.74, 6) is 0.00825. The first-order chi connectivity index (χ1) is 10.6. The van der Waals surface area contributed by atoms with Crippen LogP contribution in [0.2, 0.25) is 0 Å². The van der Waals surface area contributed by atoms with E-state index in [-0.39, 0.29) is 17.2 Å². The molecule has 0 aliphatic heterocycles. The highest BCUT2D eigenvalue weighted by Gasteiger charge is 2.09. The van der Waals surface area contributed by atoms with E-state index in [0.717, 1.165) is 5.39 Å². The number of hydrogen-bond acceptors (Lipinski definition) is 4. The van der Waals surface area contributed by atoms with Crippen molar-refractivity contribution < 1.29 is 14.1 Å². The molecule has 108 valence electrons. The fourth-order valence-corrected chi connectivity index (χ4v) is 2.06. The summed E-state index contributed by atoms with van der Waals surface area (Å²) in [6.07, 6.45) is 2.98. The number of nitro groups is 1. The molecule has 0 saturated carbocycles. The molecule has 1 aromatic heterocycles. The van der Waals surface area contributed by atoms with Crippen molar-refractivity contribution >= 4 is 28.5 Å². The molecule has 0 aliphatic rings. The van der Waals surface area contributed by atoms with Gasteiger partial charge in [-0.05, 0) is 35.9 Å². The van der Waals surface area contributed by atoms with Gasteiger partial charge in [-0.15, -0.1) is 0 Å². The van der Waals surface area contributed by atoms with Gasteiger partial charge in [-0.3, -0.25) is 14.9 Å². The highest BCUT2D eigenvalue weighted by Crippen LogP contribution is 2.20. The van der Waals surface area contributed by atoms with E-state index in [4.69, 9.17) is 4.42 Å². The topological polar surface area (TPSA) is 73.3 Å². The van der Waals surface area contributed by atoms with Crippen LogP contribution in [0.1, 0.15) is 16.1 Å². The van der Waals surface area contributed by atoms with E-state index in [1.54, 1.807) is 30.3 Å². The first kappa shape index (κ1) is 13.8. The molecular formula is C17H11NO4. The number of carbonyl (C=O) groups is 1. The van der Waals surface area contributed by atoms with Crippen LogP contribution in [0.15, 0.2) is 65.1 Å². The minimum atomic E-state index is -0.465. The summed E-state index contributed by atoms with van der Waals surface area (Å²) in [4.78, 5) is 22.2. The van der Waals surface area contributed by atoms with Crippen molar-refractivity contribution in [3.8, 4) is 0 Å². The Morgan fingerprint density at radius 2 is 1.82 bits per heavy atom. The van der Waals surface area contributed by atoms with Gasteiger partial charge in [-0.2, -0.15) is 0 Å². The smallest absolute Gasteiger partial charge is 0.269 e. The number of benzene rings is 2. The SMILES string of the molecule is O=C(/C=C/c1ccc([N+](=O)[O-])cc1)c1cc2ccccc2o1. The van der Waals surface area contributed by atoms with E-state index in [0.29, 0.717) is 11.1 Å². The second-order valence-electron chi connectivity index (χ2n) is 4.69. The first-order valence-corrected chi connectivity index (χ1v) is 6.59. The minimum absolute atomic E-state index is 0.0146. The Bertz CT molecular complexity index is 842. The lowest BCUT2D eigenvalue weighted by atomic mass is 10.1. The van der Waals surface area contributed by atoms with Crippen molar-refractivity contribution in [1.29, 1.82) is 0 Å². The molecule has 0 amide bonds. The third-order valence-electron chi connectivity index (χ3n) is 3.20. The molecule has 0 aliphatic carbocycles. The highest BCUT2D eigenvalue weighted by molar-refractivity contribution is 6.06. The van der Waals surface area contributed by atoms with Crippen LogP contribution in [0.4, 0.5) is 5.69 Å². The number of hydrogen-bond donors (Lipinski definition) is 0. The number of fused-ring (bicyclic) bond motifs is 1. The van der Waals surface area contributed by atoms with Crippen LogP contribution in [0.3, 0.4) is 0 Å². The summed E-state index contributed by atoms with van der Waals surface area (Å²) in [6.45, 7) is 0. The first-order valence-electron chi connectivity index (χ1n) is 6.59. The predicted molar refractivity (Wildman–Crippen MR) is 82.7 cm³/mol. The van der Waals surface area contributed by atoms with E-state index in [9.17, 15) is 14.9 Å². The van der Waals surface area contributed by atoms with Crippen LogP contribution in [-0.4, -0.2) is 10.7 Å². The minimum Gasteiger partial charge on any atom is -0.453 e. The second kappa shape index (κ2) is 5.65. The van der Waals surface area contributed by atoms with Crippen LogP contribution < -0.4 is 0 Å². The molecule has 0 atom stereocenters. The van der Waals surface area contributed by atoms with Gasteiger partial charge in [0.25, 0.3) is 5.69 Å². The zero-order valence-corrected chi connectivity index (χ0v) is 11.4. The molecule has 22 heavy (non-hydrogen) atoms. The molecule has 5 nitrogen and oxygen atoms in total. The number of nitrogens with zero attached hydrogens (tertiary/aromatic N) is 1. The Morgan fingerprint density at radius 1 is 1.09 bits per heavy atom. The van der Waals surface area contributed by atoms with Gasteiger partial charge >= 0.3 is 0 Å². The van der Waals surface area contributed by atoms with Gasteiger partial charge in [0.15, 0.2) is 5.76 Å². The maximum atomic E-state index is 12.1. The number of non-ortho nitro benzene ring substituents is 1. The lowest BCUT2D eigenvalue weighted by Crippen LogP contribution is -1.90. The summed E-state index contributed by atoms with van der Waals surface area (Å²) >= 11 is 0. The van der Waals surface area contributed by atoms with Crippen LogP contribution in [-0.2, 0) is 0 Å². The van der Waals surface area contributed by atoms with Crippen molar-refractivity contribution in [2.75, 3.05) is 0 Å². The van der Waals surface area contributed by atoms with Crippen LogP contribution in [0, 0.1) is 10.1 Å².